The first-order chi connectivity index (χ1) is 8.15. The Morgan fingerprint density at radius 2 is 1.89 bits per heavy atom. The van der Waals surface area contributed by atoms with Gasteiger partial charge in [0.1, 0.15) is 5.54 Å². The normalized spacial score (nSPS) is 11.8. The van der Waals surface area contributed by atoms with E-state index in [-0.39, 0.29) is 11.3 Å². The fraction of sp³-hybridized carbons (Fsp3) is 0.500. The zero-order chi connectivity index (χ0) is 14.0. The smallest absolute Gasteiger partial charge is 0.254 e. The van der Waals surface area contributed by atoms with Crippen LogP contribution in [0.3, 0.4) is 0 Å². The number of hydrogen-bond donors (Lipinski definition) is 1. The second kappa shape index (κ2) is 4.77. The predicted octanol–water partition coefficient (Wildman–Crippen LogP) is 2.41. The standard InChI is InChI=1S/C14H19N3O/c1-13(2,3)11-7-6-10(8-16-11)12(18)17-14(4,5)9-15/h6-8H,1-5H3,(H,17,18). The number of aromatic nitrogens is 1. The summed E-state index contributed by atoms with van der Waals surface area (Å²) >= 11 is 0. The Labute approximate surface area is 108 Å². The molecule has 1 rings (SSSR count). The molecule has 0 fully saturated rings. The van der Waals surface area contributed by atoms with E-state index in [9.17, 15) is 4.79 Å². The molecule has 1 aromatic heterocycles. The van der Waals surface area contributed by atoms with Crippen molar-refractivity contribution in [3.63, 3.8) is 0 Å². The summed E-state index contributed by atoms with van der Waals surface area (Å²) in [6, 6.07) is 5.60. The van der Waals surface area contributed by atoms with Crippen LogP contribution in [0.4, 0.5) is 0 Å². The number of amides is 1. The quantitative estimate of drug-likeness (QED) is 0.870. The predicted molar refractivity (Wildman–Crippen MR) is 70.1 cm³/mol. The highest BCUT2D eigenvalue weighted by Crippen LogP contribution is 2.19. The van der Waals surface area contributed by atoms with Gasteiger partial charge in [-0.05, 0) is 26.0 Å². The lowest BCUT2D eigenvalue weighted by molar-refractivity contribution is 0.0929. The highest BCUT2D eigenvalue weighted by Gasteiger charge is 2.21. The molecular formula is C14H19N3O. The van der Waals surface area contributed by atoms with Crippen LogP contribution in [0.1, 0.15) is 50.7 Å². The summed E-state index contributed by atoms with van der Waals surface area (Å²) in [4.78, 5) is 16.2. The third-order valence-electron chi connectivity index (χ3n) is 2.50. The highest BCUT2D eigenvalue weighted by molar-refractivity contribution is 5.94. The van der Waals surface area contributed by atoms with Gasteiger partial charge in [0.05, 0.1) is 11.6 Å². The van der Waals surface area contributed by atoms with Crippen molar-refractivity contribution in [2.45, 2.75) is 45.6 Å². The van der Waals surface area contributed by atoms with Crippen LogP contribution >= 0.6 is 0 Å². The number of carbonyl (C=O) groups excluding carboxylic acids is 1. The van der Waals surface area contributed by atoms with Gasteiger partial charge in [-0.3, -0.25) is 9.78 Å². The van der Waals surface area contributed by atoms with Gasteiger partial charge in [0.2, 0.25) is 0 Å². The van der Waals surface area contributed by atoms with Crippen LogP contribution in [0.5, 0.6) is 0 Å². The van der Waals surface area contributed by atoms with Crippen LogP contribution < -0.4 is 5.32 Å². The molecule has 0 unspecified atom stereocenters. The lowest BCUT2D eigenvalue weighted by Gasteiger charge is -2.19. The molecule has 18 heavy (non-hydrogen) atoms. The topological polar surface area (TPSA) is 65.8 Å². The molecule has 1 N–H and O–H groups in total. The van der Waals surface area contributed by atoms with E-state index < -0.39 is 5.54 Å². The summed E-state index contributed by atoms with van der Waals surface area (Å²) in [5.74, 6) is -0.283. The summed E-state index contributed by atoms with van der Waals surface area (Å²) in [7, 11) is 0. The van der Waals surface area contributed by atoms with E-state index >= 15 is 0 Å². The molecule has 0 radical (unpaired) electrons. The van der Waals surface area contributed by atoms with Crippen molar-refractivity contribution in [1.29, 1.82) is 5.26 Å². The molecule has 1 heterocycles. The van der Waals surface area contributed by atoms with Crippen molar-refractivity contribution in [2.75, 3.05) is 0 Å². The fourth-order valence-electron chi connectivity index (χ4n) is 1.36. The van der Waals surface area contributed by atoms with Gasteiger partial charge in [-0.25, -0.2) is 0 Å². The number of pyridine rings is 1. The van der Waals surface area contributed by atoms with Gasteiger partial charge < -0.3 is 5.32 Å². The van der Waals surface area contributed by atoms with E-state index in [1.807, 2.05) is 12.1 Å². The van der Waals surface area contributed by atoms with Crippen LogP contribution in [0.25, 0.3) is 0 Å². The van der Waals surface area contributed by atoms with Gasteiger partial charge >= 0.3 is 0 Å². The number of nitrogens with zero attached hydrogens (tertiary/aromatic N) is 2. The summed E-state index contributed by atoms with van der Waals surface area (Å²) in [5.41, 5.74) is 0.477. The average molecular weight is 245 g/mol. The van der Waals surface area contributed by atoms with Gasteiger partial charge in [-0.2, -0.15) is 5.26 Å². The Balaban J connectivity index is 2.87. The molecule has 4 nitrogen and oxygen atoms in total. The van der Waals surface area contributed by atoms with Gasteiger partial charge in [0.15, 0.2) is 0 Å². The first-order valence-electron chi connectivity index (χ1n) is 5.86. The summed E-state index contributed by atoms with van der Waals surface area (Å²) in [6.07, 6.45) is 1.55. The minimum Gasteiger partial charge on any atom is -0.334 e. The number of hydrogen-bond acceptors (Lipinski definition) is 3. The fourth-order valence-corrected chi connectivity index (χ4v) is 1.36. The minimum absolute atomic E-state index is 0.0407. The maximum atomic E-state index is 11.9. The Kier molecular flexibility index (Phi) is 3.76. The maximum absolute atomic E-state index is 11.9. The number of rotatable bonds is 2. The molecule has 96 valence electrons. The van der Waals surface area contributed by atoms with Gasteiger partial charge in [0.25, 0.3) is 5.91 Å². The summed E-state index contributed by atoms with van der Waals surface area (Å²) in [5, 5.41) is 11.5. The molecule has 0 aromatic carbocycles. The molecule has 1 aromatic rings. The molecule has 0 aliphatic carbocycles. The van der Waals surface area contributed by atoms with Gasteiger partial charge in [-0.1, -0.05) is 20.8 Å². The Morgan fingerprint density at radius 3 is 2.28 bits per heavy atom. The minimum atomic E-state index is -0.875. The molecule has 0 spiro atoms. The molecule has 0 atom stereocenters. The number of nitrogens with one attached hydrogen (secondary N) is 1. The van der Waals surface area contributed by atoms with Crippen LogP contribution in [0.2, 0.25) is 0 Å². The largest absolute Gasteiger partial charge is 0.334 e. The molecule has 0 bridgehead atoms. The molecule has 0 saturated heterocycles. The zero-order valence-electron chi connectivity index (χ0n) is 11.5. The second-order valence-corrected chi connectivity index (χ2v) is 5.87. The summed E-state index contributed by atoms with van der Waals surface area (Å²) < 4.78 is 0. The average Bonchev–Trinajstić information content (AvgIpc) is 2.27. The Morgan fingerprint density at radius 1 is 1.28 bits per heavy atom. The SMILES string of the molecule is CC(C)(C#N)NC(=O)c1ccc(C(C)(C)C)nc1. The molecule has 1 amide bonds. The van der Waals surface area contributed by atoms with Crippen LogP contribution in [-0.4, -0.2) is 16.4 Å². The van der Waals surface area contributed by atoms with Crippen LogP contribution in [-0.2, 0) is 5.41 Å². The third kappa shape index (κ3) is 3.56. The van der Waals surface area contributed by atoms with E-state index in [1.54, 1.807) is 26.1 Å². The first-order valence-corrected chi connectivity index (χ1v) is 5.86. The molecular weight excluding hydrogens is 226 g/mol. The van der Waals surface area contributed by atoms with Gasteiger partial charge in [-0.15, -0.1) is 0 Å². The van der Waals surface area contributed by atoms with Gasteiger partial charge in [0, 0.05) is 17.3 Å². The van der Waals surface area contributed by atoms with Crippen molar-refractivity contribution < 1.29 is 4.79 Å². The monoisotopic (exact) mass is 245 g/mol. The van der Waals surface area contributed by atoms with E-state index in [1.165, 1.54) is 0 Å². The highest BCUT2D eigenvalue weighted by atomic mass is 16.1. The summed E-state index contributed by atoms with van der Waals surface area (Å²) in [6.45, 7) is 9.50. The lowest BCUT2D eigenvalue weighted by atomic mass is 9.91. The van der Waals surface area contributed by atoms with E-state index in [4.69, 9.17) is 5.26 Å². The Bertz CT molecular complexity index is 475. The zero-order valence-corrected chi connectivity index (χ0v) is 11.5. The Hall–Kier alpha value is -1.89. The molecule has 0 saturated carbocycles. The molecule has 0 aliphatic rings. The first kappa shape index (κ1) is 14.2. The van der Waals surface area contributed by atoms with Crippen LogP contribution in [0, 0.1) is 11.3 Å². The van der Waals surface area contributed by atoms with E-state index in [0.29, 0.717) is 5.56 Å². The van der Waals surface area contributed by atoms with Crippen molar-refractivity contribution in [1.82, 2.24) is 10.3 Å². The number of nitriles is 1. The van der Waals surface area contributed by atoms with E-state index in [2.05, 4.69) is 31.1 Å². The van der Waals surface area contributed by atoms with Crippen molar-refractivity contribution >= 4 is 5.91 Å². The molecule has 4 heteroatoms. The van der Waals surface area contributed by atoms with Crippen molar-refractivity contribution in [3.05, 3.63) is 29.6 Å². The lowest BCUT2D eigenvalue weighted by Crippen LogP contribution is -2.42. The maximum Gasteiger partial charge on any atom is 0.254 e. The third-order valence-corrected chi connectivity index (χ3v) is 2.50. The number of carbonyl (C=O) groups is 1. The molecule has 0 aliphatic heterocycles. The van der Waals surface area contributed by atoms with Crippen molar-refractivity contribution in [3.8, 4) is 6.07 Å². The van der Waals surface area contributed by atoms with E-state index in [0.717, 1.165) is 5.69 Å². The van der Waals surface area contributed by atoms with Crippen LogP contribution in [0.15, 0.2) is 18.3 Å². The second-order valence-electron chi connectivity index (χ2n) is 5.87. The van der Waals surface area contributed by atoms with Crippen molar-refractivity contribution in [2.24, 2.45) is 0 Å².